The number of carbonyl (C=O) groups excluding carboxylic acids is 2. The number of carbonyl (C=O) groups is 2. The van der Waals surface area contributed by atoms with Crippen molar-refractivity contribution in [2.75, 3.05) is 0 Å². The lowest BCUT2D eigenvalue weighted by atomic mass is 9.37. The minimum absolute atomic E-state index is 0.0727. The molecule has 0 aromatic heterocycles. The highest BCUT2D eigenvalue weighted by Crippen LogP contribution is 2.67. The summed E-state index contributed by atoms with van der Waals surface area (Å²) in [7, 11) is 0. The van der Waals surface area contributed by atoms with E-state index in [1.807, 2.05) is 43.3 Å². The van der Waals surface area contributed by atoms with Crippen LogP contribution >= 0.6 is 0 Å². The number of hydrogen-bond acceptors (Lipinski definition) is 2. The van der Waals surface area contributed by atoms with E-state index in [0.717, 1.165) is 11.1 Å². The molecule has 4 rings (SSSR count). The summed E-state index contributed by atoms with van der Waals surface area (Å²) in [6, 6.07) is 20.3. The Bertz CT molecular complexity index is 809. The van der Waals surface area contributed by atoms with Gasteiger partial charge in [0.25, 0.3) is 0 Å². The molecule has 2 aliphatic carbocycles. The Morgan fingerprint density at radius 3 is 1.88 bits per heavy atom. The van der Waals surface area contributed by atoms with Crippen LogP contribution in [0.5, 0.6) is 0 Å². The molecule has 24 heavy (non-hydrogen) atoms. The third-order valence-corrected chi connectivity index (χ3v) is 6.19. The highest BCUT2D eigenvalue weighted by atomic mass is 16.1. The molecule has 0 spiro atoms. The summed E-state index contributed by atoms with van der Waals surface area (Å²) in [5.41, 5.74) is 1.67. The Morgan fingerprint density at radius 2 is 1.38 bits per heavy atom. The number of fused-ring (bicyclic) bond motifs is 1. The second kappa shape index (κ2) is 5.01. The van der Waals surface area contributed by atoms with Gasteiger partial charge in [0, 0.05) is 11.3 Å². The van der Waals surface area contributed by atoms with Crippen LogP contribution in [0.3, 0.4) is 0 Å². The monoisotopic (exact) mass is 316 g/mol. The van der Waals surface area contributed by atoms with E-state index < -0.39 is 10.8 Å². The van der Waals surface area contributed by atoms with E-state index in [1.165, 1.54) is 0 Å². The molecule has 0 heterocycles. The first-order valence-electron chi connectivity index (χ1n) is 8.40. The molecule has 0 unspecified atom stereocenters. The van der Waals surface area contributed by atoms with E-state index >= 15 is 0 Å². The van der Waals surface area contributed by atoms with Crippen molar-refractivity contribution in [2.24, 2.45) is 11.3 Å². The normalized spacial score (nSPS) is 27.9. The number of allylic oxidation sites excluding steroid dienone is 2. The van der Waals surface area contributed by atoms with Gasteiger partial charge in [-0.2, -0.15) is 0 Å². The smallest absolute Gasteiger partial charge is 0.163 e. The van der Waals surface area contributed by atoms with Crippen molar-refractivity contribution >= 4 is 11.6 Å². The molecule has 2 nitrogen and oxygen atoms in total. The van der Waals surface area contributed by atoms with E-state index in [9.17, 15) is 9.59 Å². The standard InChI is InChI=1S/C22H20O2/c1-15-13-19(23)21(2)18(20(15)24)14-22(21,16-9-5-3-6-10-16)17-11-7-4-8-12-17/h3-13,18H,14H2,1-2H3/t18-,21-/m0/s1. The molecule has 0 N–H and O–H groups in total. The van der Waals surface area contributed by atoms with Gasteiger partial charge in [-0.1, -0.05) is 67.6 Å². The highest BCUT2D eigenvalue weighted by Gasteiger charge is 2.70. The van der Waals surface area contributed by atoms with Gasteiger partial charge in [0.05, 0.1) is 5.41 Å². The summed E-state index contributed by atoms with van der Waals surface area (Å²) >= 11 is 0. The topological polar surface area (TPSA) is 34.1 Å². The zero-order valence-electron chi connectivity index (χ0n) is 14.0. The fourth-order valence-corrected chi connectivity index (χ4v) is 4.77. The minimum Gasteiger partial charge on any atom is -0.294 e. The van der Waals surface area contributed by atoms with Crippen LogP contribution in [-0.4, -0.2) is 11.6 Å². The Kier molecular flexibility index (Phi) is 3.14. The van der Waals surface area contributed by atoms with Gasteiger partial charge in [-0.25, -0.2) is 0 Å². The molecule has 2 heteroatoms. The van der Waals surface area contributed by atoms with Crippen molar-refractivity contribution in [3.05, 3.63) is 83.4 Å². The van der Waals surface area contributed by atoms with Crippen LogP contribution in [0.2, 0.25) is 0 Å². The molecule has 0 saturated heterocycles. The molecule has 1 saturated carbocycles. The van der Waals surface area contributed by atoms with Gasteiger partial charge in [0.15, 0.2) is 11.6 Å². The average Bonchev–Trinajstić information content (AvgIpc) is 2.61. The van der Waals surface area contributed by atoms with Gasteiger partial charge in [-0.15, -0.1) is 0 Å². The van der Waals surface area contributed by atoms with Crippen LogP contribution in [0.25, 0.3) is 0 Å². The number of rotatable bonds is 2. The van der Waals surface area contributed by atoms with E-state index in [4.69, 9.17) is 0 Å². The van der Waals surface area contributed by atoms with E-state index in [0.29, 0.717) is 12.0 Å². The number of hydrogen-bond donors (Lipinski definition) is 0. The van der Waals surface area contributed by atoms with E-state index in [2.05, 4.69) is 24.3 Å². The lowest BCUT2D eigenvalue weighted by molar-refractivity contribution is -0.154. The Morgan fingerprint density at radius 1 is 0.875 bits per heavy atom. The van der Waals surface area contributed by atoms with Crippen molar-refractivity contribution in [3.63, 3.8) is 0 Å². The molecular weight excluding hydrogens is 296 g/mol. The SMILES string of the molecule is CC1=CC(=O)[C@]2(C)[C@@H](CC2(c2ccccc2)c2ccccc2)C1=O. The van der Waals surface area contributed by atoms with E-state index in [1.54, 1.807) is 13.0 Å². The summed E-state index contributed by atoms with van der Waals surface area (Å²) < 4.78 is 0. The summed E-state index contributed by atoms with van der Waals surface area (Å²) in [5, 5.41) is 0. The summed E-state index contributed by atoms with van der Waals surface area (Å²) in [6.45, 7) is 3.73. The van der Waals surface area contributed by atoms with E-state index in [-0.39, 0.29) is 17.5 Å². The van der Waals surface area contributed by atoms with Gasteiger partial charge >= 0.3 is 0 Å². The zero-order valence-corrected chi connectivity index (χ0v) is 14.0. The molecule has 0 amide bonds. The van der Waals surface area contributed by atoms with Crippen molar-refractivity contribution in [1.29, 1.82) is 0 Å². The molecular formula is C22H20O2. The fraction of sp³-hybridized carbons (Fsp3) is 0.273. The molecule has 1 fully saturated rings. The molecule has 2 aromatic rings. The fourth-order valence-electron chi connectivity index (χ4n) is 4.77. The van der Waals surface area contributed by atoms with Gasteiger partial charge < -0.3 is 0 Å². The van der Waals surface area contributed by atoms with Crippen molar-refractivity contribution in [1.82, 2.24) is 0 Å². The quantitative estimate of drug-likeness (QED) is 0.836. The molecule has 0 bridgehead atoms. The second-order valence-electron chi connectivity index (χ2n) is 7.15. The Labute approximate surface area is 142 Å². The lowest BCUT2D eigenvalue weighted by Gasteiger charge is -2.63. The van der Waals surface area contributed by atoms with Crippen LogP contribution in [0, 0.1) is 11.3 Å². The molecule has 2 atom stereocenters. The third kappa shape index (κ3) is 1.66. The van der Waals surface area contributed by atoms with Crippen molar-refractivity contribution in [2.45, 2.75) is 25.7 Å². The largest absolute Gasteiger partial charge is 0.294 e. The van der Waals surface area contributed by atoms with Crippen LogP contribution in [0.1, 0.15) is 31.4 Å². The number of Topliss-reactive ketones (excluding diaryl/α,β-unsaturated/α-hetero) is 1. The summed E-state index contributed by atoms with van der Waals surface area (Å²) in [6.07, 6.45) is 2.24. The molecule has 2 aromatic carbocycles. The molecule has 0 radical (unpaired) electrons. The Hall–Kier alpha value is -2.48. The first-order valence-corrected chi connectivity index (χ1v) is 8.40. The highest BCUT2D eigenvalue weighted by molar-refractivity contribution is 6.14. The maximum Gasteiger partial charge on any atom is 0.163 e. The van der Waals surface area contributed by atoms with Gasteiger partial charge in [-0.05, 0) is 36.1 Å². The average molecular weight is 316 g/mol. The lowest BCUT2D eigenvalue weighted by Crippen LogP contribution is -2.67. The van der Waals surface area contributed by atoms with Gasteiger partial charge in [0.2, 0.25) is 0 Å². The Balaban J connectivity index is 1.98. The minimum atomic E-state index is -0.716. The molecule has 0 aliphatic heterocycles. The first kappa shape index (κ1) is 15.1. The summed E-state index contributed by atoms with van der Waals surface area (Å²) in [5.74, 6) is -0.0291. The van der Waals surface area contributed by atoms with Crippen molar-refractivity contribution in [3.8, 4) is 0 Å². The molecule has 2 aliphatic rings. The van der Waals surface area contributed by atoms with Crippen LogP contribution < -0.4 is 0 Å². The zero-order chi connectivity index (χ0) is 16.9. The number of ketones is 2. The summed E-state index contributed by atoms with van der Waals surface area (Å²) in [4.78, 5) is 25.7. The third-order valence-electron chi connectivity index (χ3n) is 6.19. The molecule has 120 valence electrons. The first-order chi connectivity index (χ1) is 11.5. The van der Waals surface area contributed by atoms with Gasteiger partial charge in [-0.3, -0.25) is 9.59 Å². The van der Waals surface area contributed by atoms with Crippen LogP contribution in [-0.2, 0) is 15.0 Å². The van der Waals surface area contributed by atoms with Crippen molar-refractivity contribution < 1.29 is 9.59 Å². The maximum atomic E-state index is 13.1. The number of benzene rings is 2. The van der Waals surface area contributed by atoms with Crippen LogP contribution in [0.15, 0.2) is 72.3 Å². The second-order valence-corrected chi connectivity index (χ2v) is 7.15. The van der Waals surface area contributed by atoms with Gasteiger partial charge in [0.1, 0.15) is 0 Å². The van der Waals surface area contributed by atoms with Crippen LogP contribution in [0.4, 0.5) is 0 Å². The predicted octanol–water partition coefficient (Wildman–Crippen LogP) is 4.10. The maximum absolute atomic E-state index is 13.1. The predicted molar refractivity (Wildman–Crippen MR) is 93.6 cm³/mol.